The fraction of sp³-hybridized carbons (Fsp3) is 0.857. The van der Waals surface area contributed by atoms with E-state index in [-0.39, 0.29) is 35.4 Å². The number of hydrogen-bond acceptors (Lipinski definition) is 5. The first kappa shape index (κ1) is 18.6. The minimum Gasteiger partial charge on any atom is -0.393 e. The standard InChI is InChI=1S/C21H32O5/c1-11(22)15-9-16(24)18-13-8-17(25)21(26)10-12(23)4-7-20(21,3)14(13)5-6-19(15,18)2/h9,12-14,16-18,23-26H,4-8,10H2,1-3H3/t12?,13-,14+,16?,17?,18-,19-,20-,21?/m1/s1. The average Bonchev–Trinajstić information content (AvgIpc) is 2.82. The molecule has 0 aromatic rings. The maximum atomic E-state index is 12.2. The van der Waals surface area contributed by atoms with Gasteiger partial charge in [-0.05, 0) is 62.5 Å². The number of fused-ring (bicyclic) bond motifs is 5. The van der Waals surface area contributed by atoms with Gasteiger partial charge in [-0.1, -0.05) is 13.8 Å². The van der Waals surface area contributed by atoms with Crippen LogP contribution >= 0.6 is 0 Å². The highest BCUT2D eigenvalue weighted by Gasteiger charge is 2.67. The van der Waals surface area contributed by atoms with Gasteiger partial charge in [-0.2, -0.15) is 0 Å². The summed E-state index contributed by atoms with van der Waals surface area (Å²) in [5, 5.41) is 43.2. The van der Waals surface area contributed by atoms with Crippen molar-refractivity contribution < 1.29 is 25.2 Å². The fourth-order valence-electron chi connectivity index (χ4n) is 7.44. The summed E-state index contributed by atoms with van der Waals surface area (Å²) in [7, 11) is 0. The van der Waals surface area contributed by atoms with Gasteiger partial charge in [0.2, 0.25) is 0 Å². The average molecular weight is 364 g/mol. The molecule has 9 atom stereocenters. The predicted molar refractivity (Wildman–Crippen MR) is 96.1 cm³/mol. The molecule has 3 fully saturated rings. The summed E-state index contributed by atoms with van der Waals surface area (Å²) < 4.78 is 0. The first-order valence-electron chi connectivity index (χ1n) is 10.0. The van der Waals surface area contributed by atoms with E-state index in [2.05, 4.69) is 13.8 Å². The van der Waals surface area contributed by atoms with Crippen molar-refractivity contribution >= 4 is 5.78 Å². The highest BCUT2D eigenvalue weighted by Crippen LogP contribution is 2.67. The van der Waals surface area contributed by atoms with Crippen LogP contribution in [0.4, 0.5) is 0 Å². The number of aliphatic hydroxyl groups is 4. The third-order valence-electron chi connectivity index (χ3n) is 8.79. The lowest BCUT2D eigenvalue weighted by molar-refractivity contribution is -0.265. The van der Waals surface area contributed by atoms with E-state index in [9.17, 15) is 25.2 Å². The highest BCUT2D eigenvalue weighted by molar-refractivity contribution is 5.95. The van der Waals surface area contributed by atoms with E-state index in [0.29, 0.717) is 19.3 Å². The molecule has 4 aliphatic rings. The summed E-state index contributed by atoms with van der Waals surface area (Å²) in [5.41, 5.74) is -1.38. The third-order valence-corrected chi connectivity index (χ3v) is 8.79. The number of carbonyl (C=O) groups excluding carboxylic acids is 1. The molecular formula is C21H32O5. The molecule has 26 heavy (non-hydrogen) atoms. The molecule has 5 heteroatoms. The number of Topliss-reactive ketones (excluding diaryl/α,β-unsaturated/α-hetero) is 1. The van der Waals surface area contributed by atoms with E-state index in [1.165, 1.54) is 0 Å². The number of hydrogen-bond donors (Lipinski definition) is 4. The second-order valence-corrected chi connectivity index (χ2v) is 9.87. The molecule has 4 rings (SSSR count). The van der Waals surface area contributed by atoms with E-state index in [4.69, 9.17) is 0 Å². The molecule has 0 heterocycles. The van der Waals surface area contributed by atoms with Gasteiger partial charge in [0.15, 0.2) is 5.78 Å². The molecule has 146 valence electrons. The van der Waals surface area contributed by atoms with Crippen molar-refractivity contribution in [2.45, 2.75) is 83.2 Å². The first-order valence-corrected chi connectivity index (χ1v) is 10.0. The molecule has 0 radical (unpaired) electrons. The van der Waals surface area contributed by atoms with Crippen molar-refractivity contribution in [3.05, 3.63) is 11.6 Å². The van der Waals surface area contributed by atoms with Crippen LogP contribution in [0.5, 0.6) is 0 Å². The van der Waals surface area contributed by atoms with Crippen molar-refractivity contribution in [2.24, 2.45) is 28.6 Å². The van der Waals surface area contributed by atoms with Crippen LogP contribution in [0.25, 0.3) is 0 Å². The van der Waals surface area contributed by atoms with Crippen LogP contribution in [0.1, 0.15) is 59.3 Å². The lowest BCUT2D eigenvalue weighted by atomic mass is 9.42. The van der Waals surface area contributed by atoms with Crippen LogP contribution in [-0.2, 0) is 4.79 Å². The number of carbonyl (C=O) groups is 1. The largest absolute Gasteiger partial charge is 0.393 e. The zero-order chi connectivity index (χ0) is 19.1. The molecule has 0 bridgehead atoms. The number of allylic oxidation sites excluding steroid dienone is 1. The van der Waals surface area contributed by atoms with Crippen molar-refractivity contribution in [3.8, 4) is 0 Å². The van der Waals surface area contributed by atoms with Gasteiger partial charge in [-0.15, -0.1) is 0 Å². The molecule has 0 aromatic heterocycles. The van der Waals surface area contributed by atoms with E-state index in [1.54, 1.807) is 13.0 Å². The van der Waals surface area contributed by atoms with Crippen molar-refractivity contribution in [1.29, 1.82) is 0 Å². The molecule has 4 unspecified atom stereocenters. The van der Waals surface area contributed by atoms with Gasteiger partial charge in [0, 0.05) is 23.2 Å². The number of aliphatic hydroxyl groups excluding tert-OH is 3. The Balaban J connectivity index is 1.74. The predicted octanol–water partition coefficient (Wildman–Crippen LogP) is 1.57. The van der Waals surface area contributed by atoms with Crippen LogP contribution in [0, 0.1) is 28.6 Å². The minimum atomic E-state index is -1.28. The zero-order valence-corrected chi connectivity index (χ0v) is 16.0. The topological polar surface area (TPSA) is 98.0 Å². The van der Waals surface area contributed by atoms with Crippen LogP contribution in [0.3, 0.4) is 0 Å². The van der Waals surface area contributed by atoms with Gasteiger partial charge in [0.25, 0.3) is 0 Å². The highest BCUT2D eigenvalue weighted by atomic mass is 16.3. The van der Waals surface area contributed by atoms with Crippen molar-refractivity contribution in [3.63, 3.8) is 0 Å². The normalized spacial score (nSPS) is 56.2. The summed E-state index contributed by atoms with van der Waals surface area (Å²) in [5.74, 6) is 0.165. The number of ketones is 1. The maximum Gasteiger partial charge on any atom is 0.156 e. The number of rotatable bonds is 1. The molecule has 4 aliphatic carbocycles. The fourth-order valence-corrected chi connectivity index (χ4v) is 7.44. The SMILES string of the molecule is CC(=O)C1=CC(O)[C@H]2[C@@H]3CC(O)C4(O)CC(O)CC[C@]4(C)[C@H]3CC[C@]12C. The van der Waals surface area contributed by atoms with Gasteiger partial charge in [-0.25, -0.2) is 0 Å². The Morgan fingerprint density at radius 3 is 2.50 bits per heavy atom. The zero-order valence-electron chi connectivity index (χ0n) is 16.0. The van der Waals surface area contributed by atoms with E-state index < -0.39 is 29.3 Å². The molecule has 0 spiro atoms. The minimum absolute atomic E-state index is 0.0207. The molecule has 0 amide bonds. The third kappa shape index (κ3) is 2.15. The Morgan fingerprint density at radius 1 is 1.15 bits per heavy atom. The Labute approximate surface area is 155 Å². The molecule has 4 N–H and O–H groups in total. The van der Waals surface area contributed by atoms with E-state index in [0.717, 1.165) is 18.4 Å². The van der Waals surface area contributed by atoms with Crippen molar-refractivity contribution in [2.75, 3.05) is 0 Å². The summed E-state index contributed by atoms with van der Waals surface area (Å²) >= 11 is 0. The lowest BCUT2D eigenvalue weighted by Crippen LogP contribution is -2.69. The summed E-state index contributed by atoms with van der Waals surface area (Å²) in [6.45, 7) is 5.70. The molecule has 0 aliphatic heterocycles. The molecular weight excluding hydrogens is 332 g/mol. The summed E-state index contributed by atoms with van der Waals surface area (Å²) in [6.07, 6.45) is 3.19. The Hall–Kier alpha value is -0.750. The molecule has 0 saturated heterocycles. The second kappa shape index (κ2) is 5.63. The summed E-state index contributed by atoms with van der Waals surface area (Å²) in [6, 6.07) is 0. The van der Waals surface area contributed by atoms with Crippen LogP contribution in [0.2, 0.25) is 0 Å². The second-order valence-electron chi connectivity index (χ2n) is 9.87. The van der Waals surface area contributed by atoms with Crippen LogP contribution < -0.4 is 0 Å². The first-order chi connectivity index (χ1) is 12.0. The van der Waals surface area contributed by atoms with E-state index >= 15 is 0 Å². The van der Waals surface area contributed by atoms with Crippen LogP contribution in [0.15, 0.2) is 11.6 Å². The Bertz CT molecular complexity index is 659. The monoisotopic (exact) mass is 364 g/mol. The quantitative estimate of drug-likeness (QED) is 0.566. The van der Waals surface area contributed by atoms with Gasteiger partial charge < -0.3 is 20.4 Å². The van der Waals surface area contributed by atoms with Gasteiger partial charge >= 0.3 is 0 Å². The van der Waals surface area contributed by atoms with Gasteiger partial charge in [0.1, 0.15) is 0 Å². The smallest absolute Gasteiger partial charge is 0.156 e. The van der Waals surface area contributed by atoms with Gasteiger partial charge in [0.05, 0.1) is 23.9 Å². The van der Waals surface area contributed by atoms with Crippen molar-refractivity contribution in [1.82, 2.24) is 0 Å². The van der Waals surface area contributed by atoms with Gasteiger partial charge in [-0.3, -0.25) is 4.79 Å². The summed E-state index contributed by atoms with van der Waals surface area (Å²) in [4.78, 5) is 12.2. The van der Waals surface area contributed by atoms with Crippen LogP contribution in [-0.4, -0.2) is 50.1 Å². The maximum absolute atomic E-state index is 12.2. The Morgan fingerprint density at radius 2 is 1.85 bits per heavy atom. The van der Waals surface area contributed by atoms with E-state index in [1.807, 2.05) is 0 Å². The molecule has 3 saturated carbocycles. The molecule has 0 aromatic carbocycles. The molecule has 5 nitrogen and oxygen atoms in total. The Kier molecular flexibility index (Phi) is 4.03. The lowest BCUT2D eigenvalue weighted by Gasteiger charge is -2.65.